The molecule has 2 aromatic rings. The minimum absolute atomic E-state index is 0.117. The van der Waals surface area contributed by atoms with Crippen LogP contribution in [0.1, 0.15) is 28.4 Å². The van der Waals surface area contributed by atoms with Crippen LogP contribution >= 0.6 is 11.6 Å². The van der Waals surface area contributed by atoms with Crippen molar-refractivity contribution < 1.29 is 13.9 Å². The molecule has 0 aromatic heterocycles. The third kappa shape index (κ3) is 2.77. The first kappa shape index (κ1) is 14.0. The van der Waals surface area contributed by atoms with Gasteiger partial charge >= 0.3 is 0 Å². The summed E-state index contributed by atoms with van der Waals surface area (Å²) in [6.07, 6.45) is -1.29. The number of hydrogen-bond donors (Lipinski definition) is 1. The van der Waals surface area contributed by atoms with Crippen molar-refractivity contribution in [2.24, 2.45) is 0 Å². The lowest BCUT2D eigenvalue weighted by atomic mass is 9.98. The monoisotopic (exact) mass is 282 g/mol. The third-order valence-corrected chi connectivity index (χ3v) is 3.35. The van der Waals surface area contributed by atoms with Crippen molar-refractivity contribution in [3.8, 4) is 0 Å². The van der Waals surface area contributed by atoms with E-state index >= 15 is 0 Å². The van der Waals surface area contributed by atoms with Gasteiger partial charge in [0.2, 0.25) is 0 Å². The Morgan fingerprint density at radius 1 is 1.00 bits per heavy atom. The molecule has 0 spiro atoms. The van der Waals surface area contributed by atoms with Gasteiger partial charge in [0.1, 0.15) is 17.7 Å². The van der Waals surface area contributed by atoms with E-state index in [1.165, 1.54) is 6.92 Å². The molecular formula is C15H13ClF2O. The summed E-state index contributed by atoms with van der Waals surface area (Å²) in [7, 11) is 0. The first-order chi connectivity index (χ1) is 8.90. The van der Waals surface area contributed by atoms with Crippen molar-refractivity contribution >= 4 is 11.6 Å². The zero-order valence-electron chi connectivity index (χ0n) is 10.5. The van der Waals surface area contributed by atoms with E-state index in [1.54, 1.807) is 18.2 Å². The van der Waals surface area contributed by atoms with Crippen molar-refractivity contribution in [1.29, 1.82) is 0 Å². The van der Waals surface area contributed by atoms with Crippen LogP contribution in [0.5, 0.6) is 0 Å². The molecule has 2 aromatic carbocycles. The van der Waals surface area contributed by atoms with E-state index in [0.29, 0.717) is 10.6 Å². The summed E-state index contributed by atoms with van der Waals surface area (Å²) in [5, 5.41) is 10.5. The minimum Gasteiger partial charge on any atom is -0.383 e. The third-order valence-electron chi connectivity index (χ3n) is 3.02. The van der Waals surface area contributed by atoms with Crippen molar-refractivity contribution in [2.45, 2.75) is 20.0 Å². The van der Waals surface area contributed by atoms with Gasteiger partial charge in [-0.25, -0.2) is 8.78 Å². The Kier molecular flexibility index (Phi) is 3.88. The number of aliphatic hydroxyl groups excluding tert-OH is 1. The van der Waals surface area contributed by atoms with Crippen LogP contribution < -0.4 is 0 Å². The predicted octanol–water partition coefficient (Wildman–Crippen LogP) is 4.32. The molecule has 0 saturated heterocycles. The number of benzene rings is 2. The summed E-state index contributed by atoms with van der Waals surface area (Å²) in [6, 6.07) is 7.11. The fraction of sp³-hybridized carbons (Fsp3) is 0.200. The van der Waals surface area contributed by atoms with Gasteiger partial charge in [-0.1, -0.05) is 23.7 Å². The molecule has 0 aliphatic carbocycles. The molecule has 1 N–H and O–H groups in total. The zero-order chi connectivity index (χ0) is 14.2. The smallest absolute Gasteiger partial charge is 0.129 e. The summed E-state index contributed by atoms with van der Waals surface area (Å²) < 4.78 is 27.3. The summed E-state index contributed by atoms with van der Waals surface area (Å²) in [5.41, 5.74) is 1.36. The van der Waals surface area contributed by atoms with E-state index in [1.807, 2.05) is 6.92 Å². The molecule has 19 heavy (non-hydrogen) atoms. The first-order valence-corrected chi connectivity index (χ1v) is 6.17. The summed E-state index contributed by atoms with van der Waals surface area (Å²) in [4.78, 5) is 0. The van der Waals surface area contributed by atoms with Crippen LogP contribution in [-0.4, -0.2) is 5.11 Å². The SMILES string of the molecule is Cc1ccc(C(O)c2cc(F)c(C)cc2F)c(Cl)c1. The number of rotatable bonds is 2. The van der Waals surface area contributed by atoms with E-state index in [9.17, 15) is 13.9 Å². The zero-order valence-corrected chi connectivity index (χ0v) is 11.3. The highest BCUT2D eigenvalue weighted by atomic mass is 35.5. The Bertz CT molecular complexity index is 626. The van der Waals surface area contributed by atoms with Gasteiger partial charge in [-0.2, -0.15) is 0 Å². The van der Waals surface area contributed by atoms with Crippen LogP contribution in [0.25, 0.3) is 0 Å². The Labute approximate surface area is 115 Å². The van der Waals surface area contributed by atoms with Crippen molar-refractivity contribution in [3.05, 3.63) is 69.2 Å². The molecule has 0 radical (unpaired) electrons. The molecule has 0 heterocycles. The van der Waals surface area contributed by atoms with E-state index in [4.69, 9.17) is 11.6 Å². The Morgan fingerprint density at radius 2 is 1.68 bits per heavy atom. The van der Waals surface area contributed by atoms with Gasteiger partial charge < -0.3 is 5.11 Å². The van der Waals surface area contributed by atoms with Gasteiger partial charge in [-0.15, -0.1) is 0 Å². The molecule has 100 valence electrons. The van der Waals surface area contributed by atoms with Crippen molar-refractivity contribution in [1.82, 2.24) is 0 Å². The second-order valence-electron chi connectivity index (χ2n) is 4.55. The van der Waals surface area contributed by atoms with Crippen LogP contribution in [0, 0.1) is 25.5 Å². The Morgan fingerprint density at radius 3 is 2.32 bits per heavy atom. The van der Waals surface area contributed by atoms with E-state index < -0.39 is 17.7 Å². The van der Waals surface area contributed by atoms with Gasteiger partial charge in [0.15, 0.2) is 0 Å². The molecule has 0 fully saturated rings. The quantitative estimate of drug-likeness (QED) is 0.870. The topological polar surface area (TPSA) is 20.2 Å². The molecule has 2 rings (SSSR count). The Hall–Kier alpha value is -1.45. The average Bonchev–Trinajstić information content (AvgIpc) is 2.33. The Balaban J connectivity index is 2.49. The standard InChI is InChI=1S/C15H13ClF2O/c1-8-3-4-10(12(16)5-8)15(19)11-7-13(17)9(2)6-14(11)18/h3-7,15,19H,1-2H3. The fourth-order valence-corrected chi connectivity index (χ4v) is 2.23. The van der Waals surface area contributed by atoms with Crippen LogP contribution in [0.3, 0.4) is 0 Å². The summed E-state index contributed by atoms with van der Waals surface area (Å²) in [6.45, 7) is 3.32. The maximum atomic E-state index is 13.8. The highest BCUT2D eigenvalue weighted by Crippen LogP contribution is 2.31. The minimum atomic E-state index is -1.29. The number of aryl methyl sites for hydroxylation is 2. The normalized spacial score (nSPS) is 12.5. The van der Waals surface area contributed by atoms with Gasteiger partial charge in [0.05, 0.1) is 0 Å². The lowest BCUT2D eigenvalue weighted by molar-refractivity contribution is 0.214. The lowest BCUT2D eigenvalue weighted by Crippen LogP contribution is -2.05. The largest absolute Gasteiger partial charge is 0.383 e. The summed E-state index contributed by atoms with van der Waals surface area (Å²) >= 11 is 6.02. The number of hydrogen-bond acceptors (Lipinski definition) is 1. The maximum Gasteiger partial charge on any atom is 0.129 e. The highest BCUT2D eigenvalue weighted by Gasteiger charge is 2.19. The maximum absolute atomic E-state index is 13.8. The second-order valence-corrected chi connectivity index (χ2v) is 4.96. The number of aliphatic hydroxyl groups is 1. The van der Waals surface area contributed by atoms with E-state index in [-0.39, 0.29) is 11.1 Å². The van der Waals surface area contributed by atoms with Crippen LogP contribution in [-0.2, 0) is 0 Å². The van der Waals surface area contributed by atoms with Gasteiger partial charge in [-0.3, -0.25) is 0 Å². The molecule has 0 saturated carbocycles. The molecule has 1 nitrogen and oxygen atoms in total. The molecule has 0 amide bonds. The molecule has 0 aliphatic heterocycles. The molecule has 0 bridgehead atoms. The first-order valence-electron chi connectivity index (χ1n) is 5.80. The van der Waals surface area contributed by atoms with Gasteiger partial charge in [0.25, 0.3) is 0 Å². The number of halogens is 3. The molecule has 1 atom stereocenters. The second kappa shape index (κ2) is 5.27. The van der Waals surface area contributed by atoms with E-state index in [2.05, 4.69) is 0 Å². The van der Waals surface area contributed by atoms with Crippen LogP contribution in [0.4, 0.5) is 8.78 Å². The molecule has 1 unspecified atom stereocenters. The van der Waals surface area contributed by atoms with Gasteiger partial charge in [-0.05, 0) is 43.2 Å². The summed E-state index contributed by atoms with van der Waals surface area (Å²) in [5.74, 6) is -1.21. The average molecular weight is 283 g/mol. The van der Waals surface area contributed by atoms with Crippen molar-refractivity contribution in [3.63, 3.8) is 0 Å². The lowest BCUT2D eigenvalue weighted by Gasteiger charge is -2.15. The predicted molar refractivity (Wildman–Crippen MR) is 71.3 cm³/mol. The van der Waals surface area contributed by atoms with Crippen molar-refractivity contribution in [2.75, 3.05) is 0 Å². The highest BCUT2D eigenvalue weighted by molar-refractivity contribution is 6.31. The molecular weight excluding hydrogens is 270 g/mol. The van der Waals surface area contributed by atoms with E-state index in [0.717, 1.165) is 17.7 Å². The molecule has 0 aliphatic rings. The van der Waals surface area contributed by atoms with Crippen LogP contribution in [0.2, 0.25) is 5.02 Å². The molecule has 4 heteroatoms. The van der Waals surface area contributed by atoms with Crippen LogP contribution in [0.15, 0.2) is 30.3 Å². The van der Waals surface area contributed by atoms with Gasteiger partial charge in [0, 0.05) is 16.1 Å². The fourth-order valence-electron chi connectivity index (χ4n) is 1.89.